The van der Waals surface area contributed by atoms with Gasteiger partial charge in [-0.15, -0.1) is 9.97 Å². The van der Waals surface area contributed by atoms with Gasteiger partial charge in [-0.05, 0) is 142 Å². The first-order valence-corrected chi connectivity index (χ1v) is 27.5. The van der Waals surface area contributed by atoms with Crippen LogP contribution in [0.5, 0.6) is 0 Å². The molecule has 10 aromatic carbocycles. The summed E-state index contributed by atoms with van der Waals surface area (Å²) in [6.45, 7) is 23.0. The van der Waals surface area contributed by atoms with Crippen LogP contribution in [0.4, 0.5) is 51.6 Å². The highest BCUT2D eigenvalue weighted by molar-refractivity contribution is 6.30. The largest absolute Gasteiger partial charge is 0.370 e. The Bertz CT molecular complexity index is 5350. The summed E-state index contributed by atoms with van der Waals surface area (Å²) < 4.78 is 0. The molecule has 0 saturated carbocycles. The molecule has 16 rings (SSSR count). The lowest BCUT2D eigenvalue weighted by atomic mass is 9.93. The predicted molar refractivity (Wildman–Crippen MR) is 341 cm³/mol. The van der Waals surface area contributed by atoms with Gasteiger partial charge in [0.05, 0.1) is 44.5 Å². The van der Waals surface area contributed by atoms with Gasteiger partial charge in [0.15, 0.2) is 17.0 Å². The van der Waals surface area contributed by atoms with Gasteiger partial charge >= 0.3 is 17.1 Å². The first-order chi connectivity index (χ1) is 43.4. The van der Waals surface area contributed by atoms with Gasteiger partial charge < -0.3 is 24.3 Å². The smallest absolute Gasteiger partial charge is 0.316 e. The summed E-state index contributed by atoms with van der Waals surface area (Å²) in [4.78, 5) is 72.9. The van der Waals surface area contributed by atoms with E-state index in [-0.39, 0.29) is 45.7 Å². The topological polar surface area (TPSA) is 198 Å². The SMILES string of the molecule is [C-]#[N+]c1nc2nc3cc4c(cc3nc2nc1C#N)c1cc2nc3nc(-c5ccc(N(c6ccccc6)c6ccccc6)cc5)c(-c5ccc(N(c6ccccc6)c6ccccc6)cc5)nc3nc2cc1c1cc2nc3nc([N+]#[C-])c([N+]#[C-])nc3nc2cc41. The van der Waals surface area contributed by atoms with E-state index in [9.17, 15) is 5.26 Å². The second kappa shape index (κ2) is 20.2. The van der Waals surface area contributed by atoms with Crippen LogP contribution in [0.3, 0.4) is 0 Å². The van der Waals surface area contributed by atoms with Crippen molar-refractivity contribution in [1.29, 1.82) is 5.26 Å². The van der Waals surface area contributed by atoms with E-state index < -0.39 is 0 Å². The van der Waals surface area contributed by atoms with Crippen molar-refractivity contribution >= 4 is 151 Å². The third-order valence-electron chi connectivity index (χ3n) is 15.4. The van der Waals surface area contributed by atoms with Gasteiger partial charge in [0.2, 0.25) is 5.65 Å². The lowest BCUT2D eigenvalue weighted by molar-refractivity contribution is 1.19. The number of anilines is 6. The molecule has 88 heavy (non-hydrogen) atoms. The molecule has 16 aromatic rings. The first kappa shape index (κ1) is 50.3. The average molecular weight is 1130 g/mol. The fourth-order valence-electron chi connectivity index (χ4n) is 11.4. The van der Waals surface area contributed by atoms with E-state index >= 15 is 0 Å². The number of hydrogen-bond acceptors (Lipinski definition) is 15. The molecule has 0 amide bonds. The van der Waals surface area contributed by atoms with Crippen LogP contribution in [0.25, 0.3) is 136 Å². The zero-order chi connectivity index (χ0) is 59.0. The van der Waals surface area contributed by atoms with E-state index in [2.05, 4.69) is 141 Å². The van der Waals surface area contributed by atoms with Crippen LogP contribution in [-0.2, 0) is 0 Å². The van der Waals surface area contributed by atoms with Crippen molar-refractivity contribution in [3.05, 3.63) is 246 Å². The van der Waals surface area contributed by atoms with Gasteiger partial charge in [0.25, 0.3) is 17.3 Å². The molecule has 404 valence electrons. The van der Waals surface area contributed by atoms with Crippen LogP contribution in [0.1, 0.15) is 5.69 Å². The number of aromatic nitrogens is 12. The normalized spacial score (nSPS) is 11.4. The predicted octanol–water partition coefficient (Wildman–Crippen LogP) is 16.6. The molecule has 0 spiro atoms. The van der Waals surface area contributed by atoms with E-state index in [0.717, 1.165) is 77.6 Å². The highest BCUT2D eigenvalue weighted by Gasteiger charge is 2.24. The molecule has 0 N–H and O–H groups in total. The third kappa shape index (κ3) is 8.39. The van der Waals surface area contributed by atoms with E-state index in [4.69, 9.17) is 59.6 Å². The molecule has 18 nitrogen and oxygen atoms in total. The molecule has 18 heteroatoms. The fourth-order valence-corrected chi connectivity index (χ4v) is 11.4. The second-order valence-electron chi connectivity index (χ2n) is 20.5. The third-order valence-corrected chi connectivity index (χ3v) is 15.4. The number of benzene rings is 10. The van der Waals surface area contributed by atoms with Crippen LogP contribution < -0.4 is 9.80 Å². The summed E-state index contributed by atoms with van der Waals surface area (Å²) in [5.41, 5.74) is 12.7. The van der Waals surface area contributed by atoms with Gasteiger partial charge in [-0.3, -0.25) is 0 Å². The summed E-state index contributed by atoms with van der Waals surface area (Å²) in [6, 6.07) is 71.3. The highest BCUT2D eigenvalue weighted by atomic mass is 15.2. The van der Waals surface area contributed by atoms with Crippen LogP contribution in [-0.4, -0.2) is 59.8 Å². The summed E-state index contributed by atoms with van der Waals surface area (Å²) >= 11 is 0. The number of fused-ring (bicyclic) bond motifs is 12. The average Bonchev–Trinajstić information content (AvgIpc) is 0.899. The maximum absolute atomic E-state index is 9.84. The van der Waals surface area contributed by atoms with Crippen LogP contribution >= 0.6 is 0 Å². The number of nitrogens with zero attached hydrogens (tertiary/aromatic N) is 18. The zero-order valence-corrected chi connectivity index (χ0v) is 45.7. The molecule has 0 radical (unpaired) electrons. The Morgan fingerprint density at radius 3 is 0.807 bits per heavy atom. The molecule has 0 fully saturated rings. The van der Waals surface area contributed by atoms with E-state index in [1.165, 1.54) is 0 Å². The minimum Gasteiger partial charge on any atom is -0.370 e. The lowest BCUT2D eigenvalue weighted by Crippen LogP contribution is -2.09. The van der Waals surface area contributed by atoms with Gasteiger partial charge in [0.1, 0.15) is 6.07 Å². The van der Waals surface area contributed by atoms with Gasteiger partial charge in [-0.25, -0.2) is 44.9 Å². The van der Waals surface area contributed by atoms with Crippen molar-refractivity contribution in [2.45, 2.75) is 0 Å². The fraction of sp³-hybridized carbons (Fsp3) is 0. The van der Waals surface area contributed by atoms with E-state index in [0.29, 0.717) is 55.8 Å². The number of hydrogen-bond donors (Lipinski definition) is 0. The molecular formula is C70H34N18. The number of rotatable bonds is 8. The van der Waals surface area contributed by atoms with Crippen molar-refractivity contribution in [3.8, 4) is 28.6 Å². The lowest BCUT2D eigenvalue weighted by Gasteiger charge is -2.26. The van der Waals surface area contributed by atoms with Crippen LogP contribution in [0.15, 0.2) is 206 Å². The summed E-state index contributed by atoms with van der Waals surface area (Å²) in [5.74, 6) is -0.500. The number of nitriles is 1. The Labute approximate surface area is 498 Å². The minimum absolute atomic E-state index is 0.113. The summed E-state index contributed by atoms with van der Waals surface area (Å²) in [5, 5.41) is 14.5. The molecule has 0 atom stereocenters. The summed E-state index contributed by atoms with van der Waals surface area (Å²) in [7, 11) is 0. The van der Waals surface area contributed by atoms with E-state index in [1.807, 2.05) is 115 Å². The Kier molecular flexibility index (Phi) is 11.5. The molecule has 0 unspecified atom stereocenters. The van der Waals surface area contributed by atoms with Gasteiger partial charge in [-0.2, -0.15) is 5.26 Å². The Morgan fingerprint density at radius 2 is 0.534 bits per heavy atom. The van der Waals surface area contributed by atoms with Crippen molar-refractivity contribution in [2.75, 3.05) is 9.80 Å². The highest BCUT2D eigenvalue weighted by Crippen LogP contribution is 2.43. The van der Waals surface area contributed by atoms with Crippen LogP contribution in [0, 0.1) is 31.0 Å². The Morgan fingerprint density at radius 1 is 0.284 bits per heavy atom. The maximum atomic E-state index is 9.84. The minimum atomic E-state index is -0.171. The van der Waals surface area contributed by atoms with Crippen molar-refractivity contribution in [1.82, 2.24) is 59.8 Å². The van der Waals surface area contributed by atoms with Crippen molar-refractivity contribution < 1.29 is 0 Å². The van der Waals surface area contributed by atoms with Gasteiger partial charge in [-0.1, -0.05) is 122 Å². The molecule has 6 heterocycles. The molecule has 0 aliphatic carbocycles. The summed E-state index contributed by atoms with van der Waals surface area (Å²) in [6.07, 6.45) is 0. The maximum Gasteiger partial charge on any atom is 0.316 e. The number of para-hydroxylation sites is 4. The van der Waals surface area contributed by atoms with Crippen molar-refractivity contribution in [3.63, 3.8) is 0 Å². The van der Waals surface area contributed by atoms with Gasteiger partial charge in [0, 0.05) is 45.3 Å². The molecule has 0 aliphatic heterocycles. The quantitative estimate of drug-likeness (QED) is 0.0790. The van der Waals surface area contributed by atoms with E-state index in [1.54, 1.807) is 0 Å². The Balaban J connectivity index is 0.922. The van der Waals surface area contributed by atoms with Crippen LogP contribution in [0.2, 0.25) is 0 Å². The van der Waals surface area contributed by atoms with Crippen molar-refractivity contribution in [2.24, 2.45) is 0 Å². The molecule has 0 saturated heterocycles. The molecule has 0 aliphatic rings. The molecule has 0 bridgehead atoms. The zero-order valence-electron chi connectivity index (χ0n) is 45.7. The monoisotopic (exact) mass is 1130 g/mol. The second-order valence-corrected chi connectivity index (χ2v) is 20.5. The molecular weight excluding hydrogens is 1090 g/mol. The first-order valence-electron chi connectivity index (χ1n) is 27.5. The molecule has 6 aromatic heterocycles. The standard InChI is InChI=1S/C70H34N18/c1-72-62-59(38-71)81-65-68(84-62)78-56-35-50-47(32-53(56)75-65)48-33-54-55(34-49(48)51-36-57-58(37-52(50)51)80-70-69(79-57)85-63(73-2)64(74-3)86-70)77-67-66(76-54)82-60(39-24-28-45(29-25-39)87(41-16-8-4-9-17-41)42-18-10-5-11-19-42)61(83-67)40-26-30-46(31-27-40)88(43-20-12-6-13-21-43)44-22-14-7-15-23-44/h4-37H. The Hall–Kier alpha value is -13.4.